The zero-order valence-electron chi connectivity index (χ0n) is 8.41. The molecule has 2 aromatic rings. The first-order valence-corrected chi connectivity index (χ1v) is 7.24. The highest BCUT2D eigenvalue weighted by Crippen LogP contribution is 2.23. The summed E-state index contributed by atoms with van der Waals surface area (Å²) < 4.78 is 2.17. The van der Waals surface area contributed by atoms with Gasteiger partial charge in [-0.1, -0.05) is 6.07 Å². The first kappa shape index (κ1) is 12.2. The summed E-state index contributed by atoms with van der Waals surface area (Å²) in [5, 5.41) is 3.39. The van der Waals surface area contributed by atoms with Crippen LogP contribution >= 0.6 is 43.2 Å². The molecule has 5 heteroatoms. The van der Waals surface area contributed by atoms with E-state index in [1.807, 2.05) is 17.8 Å². The molecule has 0 spiro atoms. The minimum absolute atomic E-state index is 0.865. The molecule has 2 rings (SSSR count). The molecule has 0 fully saturated rings. The molecule has 1 aromatic carbocycles. The summed E-state index contributed by atoms with van der Waals surface area (Å²) in [5.41, 5.74) is 3.12. The summed E-state index contributed by atoms with van der Waals surface area (Å²) >= 11 is 8.62. The third-order valence-electron chi connectivity index (χ3n) is 2.10. The summed E-state index contributed by atoms with van der Waals surface area (Å²) in [4.78, 5) is 5.30. The van der Waals surface area contributed by atoms with E-state index < -0.39 is 0 Å². The highest BCUT2D eigenvalue weighted by atomic mass is 79.9. The Balaban J connectivity index is 1.87. The first-order chi connectivity index (χ1) is 7.75. The number of halogens is 2. The van der Waals surface area contributed by atoms with E-state index in [4.69, 9.17) is 0 Å². The van der Waals surface area contributed by atoms with Crippen LogP contribution in [0.4, 0.5) is 0 Å². The molecule has 0 aliphatic carbocycles. The molecule has 0 atom stereocenters. The summed E-state index contributed by atoms with van der Waals surface area (Å²) in [7, 11) is 0. The Morgan fingerprint density at radius 1 is 1.19 bits per heavy atom. The molecule has 1 N–H and O–H groups in total. The SMILES string of the molecule is Brc1ccc(CNCc2cncs2)cc1Br. The molecule has 1 heterocycles. The number of rotatable bonds is 4. The Morgan fingerprint density at radius 3 is 2.75 bits per heavy atom. The van der Waals surface area contributed by atoms with Crippen LogP contribution in [0.15, 0.2) is 38.9 Å². The average molecular weight is 362 g/mol. The van der Waals surface area contributed by atoms with Crippen LogP contribution < -0.4 is 5.32 Å². The van der Waals surface area contributed by atoms with E-state index in [2.05, 4.69) is 54.3 Å². The zero-order chi connectivity index (χ0) is 11.4. The minimum Gasteiger partial charge on any atom is -0.308 e. The molecule has 0 saturated carbocycles. The van der Waals surface area contributed by atoms with E-state index >= 15 is 0 Å². The largest absolute Gasteiger partial charge is 0.308 e. The fraction of sp³-hybridized carbons (Fsp3) is 0.182. The molecule has 0 bridgehead atoms. The minimum atomic E-state index is 0.865. The lowest BCUT2D eigenvalue weighted by Crippen LogP contribution is -2.11. The van der Waals surface area contributed by atoms with Crippen molar-refractivity contribution in [2.24, 2.45) is 0 Å². The first-order valence-electron chi connectivity index (χ1n) is 4.78. The second-order valence-electron chi connectivity index (χ2n) is 3.32. The fourth-order valence-electron chi connectivity index (χ4n) is 1.31. The Hall–Kier alpha value is -0.230. The molecule has 0 aliphatic heterocycles. The lowest BCUT2D eigenvalue weighted by atomic mass is 10.2. The van der Waals surface area contributed by atoms with Crippen molar-refractivity contribution in [2.45, 2.75) is 13.1 Å². The lowest BCUT2D eigenvalue weighted by Gasteiger charge is -2.04. The van der Waals surface area contributed by atoms with Crippen LogP contribution in [0.1, 0.15) is 10.4 Å². The fourth-order valence-corrected chi connectivity index (χ4v) is 2.55. The Labute approximate surface area is 115 Å². The Morgan fingerprint density at radius 2 is 2.06 bits per heavy atom. The number of nitrogens with zero attached hydrogens (tertiary/aromatic N) is 1. The summed E-state index contributed by atoms with van der Waals surface area (Å²) in [5.74, 6) is 0. The second-order valence-corrected chi connectivity index (χ2v) is 6.00. The topological polar surface area (TPSA) is 24.9 Å². The Bertz CT molecular complexity index is 457. The van der Waals surface area contributed by atoms with Crippen LogP contribution in [0.2, 0.25) is 0 Å². The average Bonchev–Trinajstić information content (AvgIpc) is 2.76. The van der Waals surface area contributed by atoms with Gasteiger partial charge in [0.25, 0.3) is 0 Å². The summed E-state index contributed by atoms with van der Waals surface area (Å²) in [6.45, 7) is 1.74. The molecule has 0 amide bonds. The van der Waals surface area contributed by atoms with Gasteiger partial charge in [0, 0.05) is 33.1 Å². The van der Waals surface area contributed by atoms with Crippen molar-refractivity contribution < 1.29 is 0 Å². The van der Waals surface area contributed by atoms with Gasteiger partial charge in [-0.05, 0) is 49.6 Å². The van der Waals surface area contributed by atoms with Crippen LogP contribution in [-0.4, -0.2) is 4.98 Å². The van der Waals surface area contributed by atoms with Gasteiger partial charge in [0.15, 0.2) is 0 Å². The maximum absolute atomic E-state index is 4.04. The van der Waals surface area contributed by atoms with E-state index in [1.54, 1.807) is 11.3 Å². The normalized spacial score (nSPS) is 10.6. The van der Waals surface area contributed by atoms with E-state index in [0.29, 0.717) is 0 Å². The number of benzene rings is 1. The third-order valence-corrected chi connectivity index (χ3v) is 4.76. The van der Waals surface area contributed by atoms with E-state index in [1.165, 1.54) is 10.4 Å². The second kappa shape index (κ2) is 5.91. The maximum Gasteiger partial charge on any atom is 0.0794 e. The molecule has 16 heavy (non-hydrogen) atoms. The molecule has 0 saturated heterocycles. The standard InChI is InChI=1S/C11H10Br2N2S/c12-10-2-1-8(3-11(10)13)4-14-5-9-6-15-7-16-9/h1-3,6-7,14H,4-5H2. The van der Waals surface area contributed by atoms with Gasteiger partial charge in [-0.15, -0.1) is 11.3 Å². The predicted octanol–water partition coefficient (Wildman–Crippen LogP) is 3.96. The van der Waals surface area contributed by atoms with Gasteiger partial charge in [0.05, 0.1) is 5.51 Å². The van der Waals surface area contributed by atoms with Crippen molar-refractivity contribution in [3.8, 4) is 0 Å². The van der Waals surface area contributed by atoms with E-state index in [0.717, 1.165) is 22.0 Å². The van der Waals surface area contributed by atoms with Crippen molar-refractivity contribution in [2.75, 3.05) is 0 Å². The summed E-state index contributed by atoms with van der Waals surface area (Å²) in [6.07, 6.45) is 1.90. The highest BCUT2D eigenvalue weighted by Gasteiger charge is 1.99. The van der Waals surface area contributed by atoms with Gasteiger partial charge >= 0.3 is 0 Å². The number of hydrogen-bond acceptors (Lipinski definition) is 3. The maximum atomic E-state index is 4.04. The molecule has 0 radical (unpaired) electrons. The molecular formula is C11H10Br2N2S. The molecule has 2 nitrogen and oxygen atoms in total. The van der Waals surface area contributed by atoms with Crippen molar-refractivity contribution >= 4 is 43.2 Å². The van der Waals surface area contributed by atoms with Crippen LogP contribution in [0.3, 0.4) is 0 Å². The van der Waals surface area contributed by atoms with Crippen molar-refractivity contribution in [3.63, 3.8) is 0 Å². The van der Waals surface area contributed by atoms with Gasteiger partial charge in [-0.25, -0.2) is 0 Å². The van der Waals surface area contributed by atoms with Crippen LogP contribution in [0, 0.1) is 0 Å². The van der Waals surface area contributed by atoms with E-state index in [-0.39, 0.29) is 0 Å². The molecule has 84 valence electrons. The molecule has 1 aromatic heterocycles. The number of aromatic nitrogens is 1. The van der Waals surface area contributed by atoms with Crippen molar-refractivity contribution in [1.29, 1.82) is 0 Å². The third kappa shape index (κ3) is 3.38. The van der Waals surface area contributed by atoms with Crippen LogP contribution in [-0.2, 0) is 13.1 Å². The quantitative estimate of drug-likeness (QED) is 0.891. The number of thiazole rings is 1. The molecule has 0 unspecified atom stereocenters. The van der Waals surface area contributed by atoms with E-state index in [9.17, 15) is 0 Å². The predicted molar refractivity (Wildman–Crippen MR) is 74.5 cm³/mol. The smallest absolute Gasteiger partial charge is 0.0794 e. The van der Waals surface area contributed by atoms with Gasteiger partial charge in [-0.3, -0.25) is 4.98 Å². The Kier molecular flexibility index (Phi) is 4.52. The van der Waals surface area contributed by atoms with Gasteiger partial charge in [0.2, 0.25) is 0 Å². The van der Waals surface area contributed by atoms with Gasteiger partial charge < -0.3 is 5.32 Å². The molecular weight excluding hydrogens is 352 g/mol. The highest BCUT2D eigenvalue weighted by molar-refractivity contribution is 9.13. The molecule has 0 aliphatic rings. The monoisotopic (exact) mass is 360 g/mol. The van der Waals surface area contributed by atoms with Gasteiger partial charge in [0.1, 0.15) is 0 Å². The van der Waals surface area contributed by atoms with Crippen molar-refractivity contribution in [1.82, 2.24) is 10.3 Å². The lowest BCUT2D eigenvalue weighted by molar-refractivity contribution is 0.699. The van der Waals surface area contributed by atoms with Crippen LogP contribution in [0.5, 0.6) is 0 Å². The summed E-state index contributed by atoms with van der Waals surface area (Å²) in [6, 6.07) is 6.27. The van der Waals surface area contributed by atoms with Crippen molar-refractivity contribution in [3.05, 3.63) is 49.3 Å². The van der Waals surface area contributed by atoms with Gasteiger partial charge in [-0.2, -0.15) is 0 Å². The zero-order valence-corrected chi connectivity index (χ0v) is 12.4. The van der Waals surface area contributed by atoms with Crippen LogP contribution in [0.25, 0.3) is 0 Å². The number of nitrogens with one attached hydrogen (secondary N) is 1. The number of hydrogen-bond donors (Lipinski definition) is 1.